The van der Waals surface area contributed by atoms with E-state index in [4.69, 9.17) is 5.11 Å². The number of hydrogen-bond acceptors (Lipinski definition) is 3. The van der Waals surface area contributed by atoms with Gasteiger partial charge >= 0.3 is 6.03 Å². The van der Waals surface area contributed by atoms with Crippen molar-refractivity contribution in [3.05, 3.63) is 0 Å². The van der Waals surface area contributed by atoms with E-state index < -0.39 is 6.04 Å². The second-order valence-corrected chi connectivity index (χ2v) is 2.90. The van der Waals surface area contributed by atoms with Gasteiger partial charge in [0.2, 0.25) is 0 Å². The number of imide groups is 1. The standard InChI is InChI=1S/C8H14N2O3/c1-3-6-7(12)9(4-2)8(13)10(6)5-11/h6,11H,3-5H2,1-2H3. The van der Waals surface area contributed by atoms with Gasteiger partial charge in [0.15, 0.2) is 0 Å². The Morgan fingerprint density at radius 2 is 2.00 bits per heavy atom. The maximum absolute atomic E-state index is 11.5. The monoisotopic (exact) mass is 186 g/mol. The summed E-state index contributed by atoms with van der Waals surface area (Å²) >= 11 is 0. The first kappa shape index (κ1) is 9.98. The van der Waals surface area contributed by atoms with E-state index >= 15 is 0 Å². The topological polar surface area (TPSA) is 60.9 Å². The highest BCUT2D eigenvalue weighted by Crippen LogP contribution is 2.18. The van der Waals surface area contributed by atoms with Crippen molar-refractivity contribution in [1.82, 2.24) is 9.80 Å². The molecule has 1 saturated heterocycles. The van der Waals surface area contributed by atoms with Crippen LogP contribution in [-0.4, -0.2) is 46.2 Å². The summed E-state index contributed by atoms with van der Waals surface area (Å²) in [4.78, 5) is 25.3. The molecule has 0 saturated carbocycles. The molecular weight excluding hydrogens is 172 g/mol. The fraction of sp³-hybridized carbons (Fsp3) is 0.750. The lowest BCUT2D eigenvalue weighted by Crippen LogP contribution is -2.35. The molecule has 0 aromatic rings. The number of amides is 3. The quantitative estimate of drug-likeness (QED) is 0.631. The van der Waals surface area contributed by atoms with Gasteiger partial charge in [-0.2, -0.15) is 0 Å². The summed E-state index contributed by atoms with van der Waals surface area (Å²) in [6.07, 6.45) is 0.543. The van der Waals surface area contributed by atoms with E-state index in [1.807, 2.05) is 6.92 Å². The highest BCUT2D eigenvalue weighted by molar-refractivity contribution is 6.04. The van der Waals surface area contributed by atoms with Gasteiger partial charge in [-0.1, -0.05) is 6.92 Å². The van der Waals surface area contributed by atoms with Crippen molar-refractivity contribution in [2.75, 3.05) is 13.3 Å². The fourth-order valence-electron chi connectivity index (χ4n) is 1.54. The zero-order valence-corrected chi connectivity index (χ0v) is 7.86. The largest absolute Gasteiger partial charge is 0.376 e. The third kappa shape index (κ3) is 1.39. The molecule has 0 aromatic heterocycles. The maximum Gasteiger partial charge on any atom is 0.329 e. The summed E-state index contributed by atoms with van der Waals surface area (Å²) in [5.74, 6) is -0.205. The van der Waals surface area contributed by atoms with Gasteiger partial charge in [0, 0.05) is 6.54 Å². The summed E-state index contributed by atoms with van der Waals surface area (Å²) in [7, 11) is 0. The molecule has 13 heavy (non-hydrogen) atoms. The number of nitrogens with zero attached hydrogens (tertiary/aromatic N) is 2. The maximum atomic E-state index is 11.5. The summed E-state index contributed by atoms with van der Waals surface area (Å²) in [6, 6.07) is -0.862. The molecule has 0 radical (unpaired) electrons. The third-order valence-electron chi connectivity index (χ3n) is 2.26. The number of carbonyl (C=O) groups is 2. The fourth-order valence-corrected chi connectivity index (χ4v) is 1.54. The predicted molar refractivity (Wildman–Crippen MR) is 45.8 cm³/mol. The predicted octanol–water partition coefficient (Wildman–Crippen LogP) is -0.00110. The van der Waals surface area contributed by atoms with E-state index in [-0.39, 0.29) is 18.7 Å². The zero-order valence-electron chi connectivity index (χ0n) is 7.86. The van der Waals surface area contributed by atoms with Crippen LogP contribution in [0.3, 0.4) is 0 Å². The van der Waals surface area contributed by atoms with Crippen LogP contribution in [0.25, 0.3) is 0 Å². The number of rotatable bonds is 3. The molecule has 5 heteroatoms. The van der Waals surface area contributed by atoms with Crippen LogP contribution >= 0.6 is 0 Å². The van der Waals surface area contributed by atoms with Crippen molar-refractivity contribution in [1.29, 1.82) is 0 Å². The first-order valence-electron chi connectivity index (χ1n) is 4.40. The van der Waals surface area contributed by atoms with Crippen LogP contribution in [-0.2, 0) is 4.79 Å². The number of hydrogen-bond donors (Lipinski definition) is 1. The van der Waals surface area contributed by atoms with E-state index in [1.54, 1.807) is 6.92 Å². The van der Waals surface area contributed by atoms with Crippen LogP contribution in [0, 0.1) is 0 Å². The van der Waals surface area contributed by atoms with E-state index in [1.165, 1.54) is 4.90 Å². The Balaban J connectivity index is 2.88. The normalized spacial score (nSPS) is 23.2. The van der Waals surface area contributed by atoms with Crippen molar-refractivity contribution in [2.45, 2.75) is 26.3 Å². The Bertz CT molecular complexity index is 207. The van der Waals surface area contributed by atoms with Gasteiger partial charge in [-0.05, 0) is 13.3 Å². The Hall–Kier alpha value is -1.10. The molecule has 1 aliphatic rings. The van der Waals surface area contributed by atoms with Crippen LogP contribution in [0.4, 0.5) is 4.79 Å². The van der Waals surface area contributed by atoms with Gasteiger partial charge in [0.05, 0.1) is 0 Å². The Kier molecular flexibility index (Phi) is 2.87. The SMILES string of the molecule is CCC1C(=O)N(CC)C(=O)N1CO. The number of carbonyl (C=O) groups excluding carboxylic acids is 2. The van der Waals surface area contributed by atoms with Gasteiger partial charge in [-0.25, -0.2) is 4.79 Å². The minimum atomic E-state index is -0.475. The highest BCUT2D eigenvalue weighted by Gasteiger charge is 2.42. The summed E-state index contributed by atoms with van der Waals surface area (Å²) in [5.41, 5.74) is 0. The van der Waals surface area contributed by atoms with Gasteiger partial charge in [-0.15, -0.1) is 0 Å². The van der Waals surface area contributed by atoms with E-state index in [0.29, 0.717) is 13.0 Å². The molecule has 1 fully saturated rings. The molecule has 74 valence electrons. The number of aliphatic hydroxyl groups is 1. The lowest BCUT2D eigenvalue weighted by atomic mass is 10.2. The van der Waals surface area contributed by atoms with Crippen molar-refractivity contribution in [3.63, 3.8) is 0 Å². The molecular formula is C8H14N2O3. The molecule has 0 aliphatic carbocycles. The molecule has 1 rings (SSSR count). The van der Waals surface area contributed by atoms with Crippen molar-refractivity contribution < 1.29 is 14.7 Å². The third-order valence-corrected chi connectivity index (χ3v) is 2.26. The molecule has 1 heterocycles. The van der Waals surface area contributed by atoms with Gasteiger partial charge in [0.1, 0.15) is 12.8 Å². The number of urea groups is 1. The molecule has 1 unspecified atom stereocenters. The molecule has 1 atom stereocenters. The average molecular weight is 186 g/mol. The first-order chi connectivity index (χ1) is 6.17. The summed E-state index contributed by atoms with van der Waals surface area (Å²) in [6.45, 7) is 3.53. The van der Waals surface area contributed by atoms with E-state index in [2.05, 4.69) is 0 Å². The summed E-state index contributed by atoms with van der Waals surface area (Å²) < 4.78 is 0. The highest BCUT2D eigenvalue weighted by atomic mass is 16.3. The van der Waals surface area contributed by atoms with Crippen LogP contribution in [0.2, 0.25) is 0 Å². The number of aliphatic hydroxyl groups excluding tert-OH is 1. The van der Waals surface area contributed by atoms with Crippen LogP contribution in [0.5, 0.6) is 0 Å². The van der Waals surface area contributed by atoms with E-state index in [9.17, 15) is 9.59 Å². The van der Waals surface area contributed by atoms with E-state index in [0.717, 1.165) is 4.90 Å². The van der Waals surface area contributed by atoms with Gasteiger partial charge in [-0.3, -0.25) is 14.6 Å². The average Bonchev–Trinajstić information content (AvgIpc) is 2.36. The minimum Gasteiger partial charge on any atom is -0.376 e. The van der Waals surface area contributed by atoms with Crippen LogP contribution < -0.4 is 0 Å². The Morgan fingerprint density at radius 1 is 1.38 bits per heavy atom. The van der Waals surface area contributed by atoms with Gasteiger partial charge in [0.25, 0.3) is 5.91 Å². The molecule has 0 spiro atoms. The van der Waals surface area contributed by atoms with Crippen molar-refractivity contribution in [3.8, 4) is 0 Å². The summed E-state index contributed by atoms with van der Waals surface area (Å²) in [5, 5.41) is 8.90. The Labute approximate surface area is 76.9 Å². The molecule has 0 aromatic carbocycles. The lowest BCUT2D eigenvalue weighted by molar-refractivity contribution is -0.128. The molecule has 0 bridgehead atoms. The smallest absolute Gasteiger partial charge is 0.329 e. The second-order valence-electron chi connectivity index (χ2n) is 2.90. The van der Waals surface area contributed by atoms with Crippen molar-refractivity contribution >= 4 is 11.9 Å². The van der Waals surface area contributed by atoms with Crippen LogP contribution in [0.1, 0.15) is 20.3 Å². The molecule has 1 N–H and O–H groups in total. The molecule has 3 amide bonds. The minimum absolute atomic E-state index is 0.205. The number of likely N-dealkylation sites (N-methyl/N-ethyl adjacent to an activating group) is 1. The molecule has 1 aliphatic heterocycles. The molecule has 5 nitrogen and oxygen atoms in total. The van der Waals surface area contributed by atoms with Crippen LogP contribution in [0.15, 0.2) is 0 Å². The lowest BCUT2D eigenvalue weighted by Gasteiger charge is -2.16. The Morgan fingerprint density at radius 3 is 2.31 bits per heavy atom. The van der Waals surface area contributed by atoms with Crippen molar-refractivity contribution in [2.24, 2.45) is 0 Å². The second kappa shape index (κ2) is 3.74. The zero-order chi connectivity index (χ0) is 10.0. The van der Waals surface area contributed by atoms with Gasteiger partial charge < -0.3 is 5.11 Å². The first-order valence-corrected chi connectivity index (χ1v) is 4.40.